The predicted molar refractivity (Wildman–Crippen MR) is 141 cm³/mol. The van der Waals surface area contributed by atoms with E-state index in [0.29, 0.717) is 11.1 Å². The summed E-state index contributed by atoms with van der Waals surface area (Å²) in [7, 11) is 0. The smallest absolute Gasteiger partial charge is 0.339 e. The molecular formula is C28H26O13. The van der Waals surface area contributed by atoms with Gasteiger partial charge in [0.15, 0.2) is 23.0 Å². The van der Waals surface area contributed by atoms with E-state index in [9.17, 15) is 45.3 Å². The molecule has 0 saturated carbocycles. The first-order valence-corrected chi connectivity index (χ1v) is 12.1. The lowest BCUT2D eigenvalue weighted by Gasteiger charge is -2.39. The van der Waals surface area contributed by atoms with Crippen molar-refractivity contribution in [3.05, 3.63) is 81.9 Å². The van der Waals surface area contributed by atoms with Crippen LogP contribution < -0.4 is 10.4 Å². The van der Waals surface area contributed by atoms with E-state index in [1.54, 1.807) is 0 Å². The molecule has 5 unspecified atom stereocenters. The fraction of sp³-hybridized carbons (Fsp3) is 0.214. The highest BCUT2D eigenvalue weighted by atomic mass is 16.7. The average molecular weight is 571 g/mol. The minimum Gasteiger partial charge on any atom is -0.504 e. The van der Waals surface area contributed by atoms with E-state index < -0.39 is 48.9 Å². The van der Waals surface area contributed by atoms with Crippen molar-refractivity contribution < 1.29 is 59.2 Å². The van der Waals surface area contributed by atoms with Crippen molar-refractivity contribution in [2.24, 2.45) is 0 Å². The molecule has 0 spiro atoms. The van der Waals surface area contributed by atoms with Crippen molar-refractivity contribution in [3.8, 4) is 28.7 Å². The summed E-state index contributed by atoms with van der Waals surface area (Å²) in [6.07, 6.45) is -2.87. The molecule has 1 aromatic heterocycles. The van der Waals surface area contributed by atoms with Gasteiger partial charge in [-0.25, -0.2) is 9.59 Å². The van der Waals surface area contributed by atoms with Gasteiger partial charge in [0, 0.05) is 12.1 Å². The molecule has 4 rings (SSSR count). The number of phenols is 4. The van der Waals surface area contributed by atoms with Crippen molar-refractivity contribution >= 4 is 24.2 Å². The number of aliphatic hydroxyl groups excluding tert-OH is 3. The van der Waals surface area contributed by atoms with Crippen LogP contribution in [0.4, 0.5) is 0 Å². The van der Waals surface area contributed by atoms with Crippen molar-refractivity contribution in [3.63, 3.8) is 0 Å². The number of benzene rings is 2. The van der Waals surface area contributed by atoms with Crippen LogP contribution in [0.5, 0.6) is 28.7 Å². The van der Waals surface area contributed by atoms with Crippen molar-refractivity contribution in [1.29, 1.82) is 0 Å². The number of aromatic hydroxyl groups is 4. The lowest BCUT2D eigenvalue weighted by Crippen LogP contribution is -2.60. The number of hydrogen-bond donors (Lipinski definition) is 7. The van der Waals surface area contributed by atoms with Crippen LogP contribution in [0.25, 0.3) is 18.2 Å². The highest BCUT2D eigenvalue weighted by molar-refractivity contribution is 5.87. The largest absolute Gasteiger partial charge is 0.504 e. The number of carbonyl (C=O) groups excluding carboxylic acids is 1. The lowest BCUT2D eigenvalue weighted by atomic mass is 9.99. The molecule has 41 heavy (non-hydrogen) atoms. The average Bonchev–Trinajstić information content (AvgIpc) is 2.93. The summed E-state index contributed by atoms with van der Waals surface area (Å²) in [6.45, 7) is -0.542. The van der Waals surface area contributed by atoms with Crippen LogP contribution in [0.2, 0.25) is 0 Å². The quantitative estimate of drug-likeness (QED) is 0.115. The molecule has 3 aromatic rings. The molecule has 1 fully saturated rings. The minimum atomic E-state index is -1.75. The van der Waals surface area contributed by atoms with E-state index >= 15 is 0 Å². The van der Waals surface area contributed by atoms with Crippen LogP contribution in [-0.4, -0.2) is 79.0 Å². The summed E-state index contributed by atoms with van der Waals surface area (Å²) in [4.78, 5) is 24.2. The molecular weight excluding hydrogens is 544 g/mol. The Kier molecular flexibility index (Phi) is 8.94. The molecule has 0 radical (unpaired) electrons. The predicted octanol–water partition coefficient (Wildman–Crippen LogP) is 1.08. The Balaban J connectivity index is 1.41. The van der Waals surface area contributed by atoms with Gasteiger partial charge in [-0.15, -0.1) is 0 Å². The Morgan fingerprint density at radius 2 is 1.41 bits per heavy atom. The summed E-state index contributed by atoms with van der Waals surface area (Å²) >= 11 is 0. The molecule has 0 aliphatic carbocycles. The maximum atomic E-state index is 12.1. The number of hydrogen-bond acceptors (Lipinski definition) is 13. The third-order valence-electron chi connectivity index (χ3n) is 5.92. The molecule has 2 aromatic carbocycles. The molecule has 0 bridgehead atoms. The number of aliphatic hydroxyl groups is 3. The van der Waals surface area contributed by atoms with Crippen LogP contribution in [0, 0.1) is 0 Å². The number of carbonyl (C=O) groups is 1. The second-order valence-electron chi connectivity index (χ2n) is 8.94. The van der Waals surface area contributed by atoms with E-state index in [1.165, 1.54) is 60.7 Å². The van der Waals surface area contributed by atoms with E-state index in [-0.39, 0.29) is 34.5 Å². The van der Waals surface area contributed by atoms with Gasteiger partial charge in [0.25, 0.3) is 0 Å². The second kappa shape index (κ2) is 12.6. The van der Waals surface area contributed by atoms with Gasteiger partial charge >= 0.3 is 11.6 Å². The summed E-state index contributed by atoms with van der Waals surface area (Å²) in [5.41, 5.74) is 0.0487. The Labute approximate surface area is 231 Å². The second-order valence-corrected chi connectivity index (χ2v) is 8.94. The Bertz CT molecular complexity index is 1510. The molecule has 7 N–H and O–H groups in total. The fourth-order valence-electron chi connectivity index (χ4n) is 3.75. The van der Waals surface area contributed by atoms with Crippen LogP contribution >= 0.6 is 0 Å². The van der Waals surface area contributed by atoms with Gasteiger partial charge in [0.05, 0.1) is 6.07 Å². The Morgan fingerprint density at radius 3 is 2.05 bits per heavy atom. The van der Waals surface area contributed by atoms with Crippen LogP contribution in [0.15, 0.2) is 63.8 Å². The van der Waals surface area contributed by atoms with E-state index in [1.807, 2.05) is 0 Å². The van der Waals surface area contributed by atoms with Crippen molar-refractivity contribution in [2.45, 2.75) is 30.7 Å². The maximum Gasteiger partial charge on any atom is 0.339 e. The summed E-state index contributed by atoms with van der Waals surface area (Å²) < 4.78 is 21.2. The van der Waals surface area contributed by atoms with Crippen molar-refractivity contribution in [2.75, 3.05) is 6.61 Å². The minimum absolute atomic E-state index is 0.0187. The third kappa shape index (κ3) is 7.43. The zero-order chi connectivity index (χ0) is 29.7. The number of phenolic OH excluding ortho intramolecular Hbond substituents is 4. The van der Waals surface area contributed by atoms with Gasteiger partial charge in [-0.1, -0.05) is 18.2 Å². The first kappa shape index (κ1) is 29.2. The fourth-order valence-corrected chi connectivity index (χ4v) is 3.75. The lowest BCUT2D eigenvalue weighted by molar-refractivity contribution is -0.278. The van der Waals surface area contributed by atoms with Gasteiger partial charge in [-0.2, -0.15) is 0 Å². The van der Waals surface area contributed by atoms with Crippen LogP contribution in [0.1, 0.15) is 16.9 Å². The maximum absolute atomic E-state index is 12.1. The van der Waals surface area contributed by atoms with Crippen LogP contribution in [-0.2, 0) is 14.3 Å². The molecule has 1 aliphatic heterocycles. The standard InChI is InChI=1S/C28H26O13/c29-18-6-2-14(9-20(18)31)1-5-16-11-17(12-24(34)39-16)40-28-27(37)26(36)25(35)22(41-28)13-38-23(33)8-4-15-3-7-19(30)21(32)10-15/h1-12,22,25-32,35-37H,13H2. The van der Waals surface area contributed by atoms with Gasteiger partial charge < -0.3 is 54.4 Å². The molecule has 0 amide bonds. The molecule has 216 valence electrons. The summed E-state index contributed by atoms with van der Waals surface area (Å²) in [5, 5.41) is 68.9. The third-order valence-corrected chi connectivity index (χ3v) is 5.92. The monoisotopic (exact) mass is 570 g/mol. The highest BCUT2D eigenvalue weighted by Gasteiger charge is 2.45. The molecule has 1 aliphatic rings. The molecule has 5 atom stereocenters. The molecule has 13 nitrogen and oxygen atoms in total. The van der Waals surface area contributed by atoms with Gasteiger partial charge in [0.2, 0.25) is 6.29 Å². The summed E-state index contributed by atoms with van der Waals surface area (Å²) in [5.74, 6) is -2.31. The number of esters is 1. The summed E-state index contributed by atoms with van der Waals surface area (Å²) in [6, 6.07) is 10.2. The number of ether oxygens (including phenoxy) is 3. The van der Waals surface area contributed by atoms with Crippen LogP contribution in [0.3, 0.4) is 0 Å². The number of rotatable bonds is 8. The highest BCUT2D eigenvalue weighted by Crippen LogP contribution is 2.28. The van der Waals surface area contributed by atoms with Crippen molar-refractivity contribution in [1.82, 2.24) is 0 Å². The van der Waals surface area contributed by atoms with E-state index in [2.05, 4.69) is 0 Å². The van der Waals surface area contributed by atoms with Gasteiger partial charge in [-0.3, -0.25) is 0 Å². The van der Waals surface area contributed by atoms with E-state index in [0.717, 1.165) is 12.1 Å². The first-order chi connectivity index (χ1) is 19.5. The SMILES string of the molecule is O=C(C=Cc1ccc(O)c(O)c1)OCC1OC(Oc2cc(C=Cc3ccc(O)c(O)c3)oc(=O)c2)C(O)C(O)C1O. The molecule has 1 saturated heterocycles. The zero-order valence-corrected chi connectivity index (χ0v) is 21.1. The van der Waals surface area contributed by atoms with Gasteiger partial charge in [-0.05, 0) is 47.5 Å². The Hall–Kier alpha value is -4.82. The normalized spacial score (nSPS) is 22.7. The Morgan fingerprint density at radius 1 is 0.780 bits per heavy atom. The zero-order valence-electron chi connectivity index (χ0n) is 21.1. The molecule has 13 heteroatoms. The van der Waals surface area contributed by atoms with E-state index in [4.69, 9.17) is 18.6 Å². The van der Waals surface area contributed by atoms with Gasteiger partial charge in [0.1, 0.15) is 42.5 Å². The first-order valence-electron chi connectivity index (χ1n) is 12.1. The molecule has 2 heterocycles. The topological polar surface area (TPSA) is 217 Å².